The average Bonchev–Trinajstić information content (AvgIpc) is 3.06. The van der Waals surface area contributed by atoms with Crippen LogP contribution in [-0.4, -0.2) is 46.8 Å². The second-order valence-electron chi connectivity index (χ2n) is 10.4. The number of aliphatic hydroxyl groups is 1. The molecule has 35 heavy (non-hydrogen) atoms. The van der Waals surface area contributed by atoms with Gasteiger partial charge in [-0.25, -0.2) is 4.98 Å². The van der Waals surface area contributed by atoms with Crippen molar-refractivity contribution in [1.82, 2.24) is 9.88 Å². The van der Waals surface area contributed by atoms with E-state index >= 15 is 0 Å². The van der Waals surface area contributed by atoms with Gasteiger partial charge in [0.25, 0.3) is 0 Å². The highest BCUT2D eigenvalue weighted by atomic mass is 19.1. The number of hydrogen-bond donors (Lipinski definition) is 1. The van der Waals surface area contributed by atoms with Crippen LogP contribution in [-0.2, 0) is 12.1 Å². The highest BCUT2D eigenvalue weighted by Crippen LogP contribution is 2.56. The Bertz CT molecular complexity index is 1240. The molecule has 0 bridgehead atoms. The van der Waals surface area contributed by atoms with Crippen LogP contribution < -0.4 is 9.64 Å². The van der Waals surface area contributed by atoms with Crippen molar-refractivity contribution < 1.29 is 14.2 Å². The number of pyridine rings is 1. The zero-order valence-electron chi connectivity index (χ0n) is 21.2. The van der Waals surface area contributed by atoms with Crippen molar-refractivity contribution in [3.63, 3.8) is 0 Å². The van der Waals surface area contributed by atoms with E-state index in [1.54, 1.807) is 6.07 Å². The first kappa shape index (κ1) is 23.8. The highest BCUT2D eigenvalue weighted by Gasteiger charge is 2.57. The predicted molar refractivity (Wildman–Crippen MR) is 136 cm³/mol. The summed E-state index contributed by atoms with van der Waals surface area (Å²) >= 11 is 0. The second kappa shape index (κ2) is 8.61. The average molecular weight is 476 g/mol. The number of benzene rings is 2. The smallest absolute Gasteiger partial charge is 0.212 e. The van der Waals surface area contributed by atoms with Crippen LogP contribution in [0.4, 0.5) is 10.1 Å². The number of ether oxygens (including phenoxy) is 1. The quantitative estimate of drug-likeness (QED) is 0.546. The maximum Gasteiger partial charge on any atom is 0.212 e. The fourth-order valence-corrected chi connectivity index (χ4v) is 5.83. The van der Waals surface area contributed by atoms with Crippen molar-refractivity contribution in [3.8, 4) is 5.75 Å². The Balaban J connectivity index is 1.51. The lowest BCUT2D eigenvalue weighted by Crippen LogP contribution is -2.48. The normalized spacial score (nSPS) is 21.6. The molecule has 2 aliphatic rings. The molecule has 1 fully saturated rings. The molecular weight excluding hydrogens is 441 g/mol. The van der Waals surface area contributed by atoms with Crippen molar-refractivity contribution in [2.24, 2.45) is 0 Å². The summed E-state index contributed by atoms with van der Waals surface area (Å²) in [6, 6.07) is 13.5. The van der Waals surface area contributed by atoms with Gasteiger partial charge in [0.1, 0.15) is 11.4 Å². The van der Waals surface area contributed by atoms with E-state index in [1.807, 2.05) is 13.8 Å². The van der Waals surface area contributed by atoms with Crippen molar-refractivity contribution in [2.45, 2.75) is 52.4 Å². The molecule has 3 aromatic rings. The minimum atomic E-state index is -1.45. The summed E-state index contributed by atoms with van der Waals surface area (Å²) in [4.78, 5) is 8.76. The number of fused-ring (bicyclic) bond motifs is 1. The Labute approximate surface area is 207 Å². The zero-order valence-corrected chi connectivity index (χ0v) is 21.2. The monoisotopic (exact) mass is 475 g/mol. The van der Waals surface area contributed by atoms with Gasteiger partial charge in [0.15, 0.2) is 5.60 Å². The topological polar surface area (TPSA) is 48.8 Å². The van der Waals surface area contributed by atoms with Crippen LogP contribution in [0, 0.1) is 26.7 Å². The molecule has 1 aromatic heterocycles. The van der Waals surface area contributed by atoms with E-state index < -0.39 is 17.1 Å². The third kappa shape index (κ3) is 3.80. The number of hydrogen-bond acceptors (Lipinski definition) is 5. The lowest BCUT2D eigenvalue weighted by Gasteiger charge is -2.39. The van der Waals surface area contributed by atoms with Gasteiger partial charge in [0, 0.05) is 55.7 Å². The Kier molecular flexibility index (Phi) is 5.85. The van der Waals surface area contributed by atoms with Crippen molar-refractivity contribution in [2.75, 3.05) is 31.1 Å². The molecule has 1 unspecified atom stereocenters. The van der Waals surface area contributed by atoms with E-state index in [9.17, 15) is 9.50 Å². The zero-order chi connectivity index (χ0) is 25.0. The van der Waals surface area contributed by atoms with Crippen LogP contribution in [0.1, 0.15) is 47.2 Å². The van der Waals surface area contributed by atoms with Crippen molar-refractivity contribution in [1.29, 1.82) is 0 Å². The van der Waals surface area contributed by atoms with Crippen LogP contribution in [0.25, 0.3) is 0 Å². The molecule has 6 heteroatoms. The molecule has 184 valence electrons. The largest absolute Gasteiger partial charge is 0.483 e. The van der Waals surface area contributed by atoms with E-state index in [-0.39, 0.29) is 0 Å². The van der Waals surface area contributed by atoms with Gasteiger partial charge in [-0.1, -0.05) is 30.3 Å². The number of anilines is 1. The van der Waals surface area contributed by atoms with Gasteiger partial charge < -0.3 is 14.7 Å². The molecule has 1 N–H and O–H groups in total. The number of nitrogens with zero attached hydrogens (tertiary/aromatic N) is 3. The van der Waals surface area contributed by atoms with Gasteiger partial charge in [-0.15, -0.1) is 0 Å². The predicted octanol–water partition coefficient (Wildman–Crippen LogP) is 4.88. The second-order valence-corrected chi connectivity index (χ2v) is 10.4. The summed E-state index contributed by atoms with van der Waals surface area (Å²) in [5, 5.41) is 12.2. The molecule has 2 aliphatic heterocycles. The Morgan fingerprint density at radius 3 is 2.26 bits per heavy atom. The van der Waals surface area contributed by atoms with Gasteiger partial charge in [-0.3, -0.25) is 4.90 Å². The maximum atomic E-state index is 13.6. The third-order valence-electron chi connectivity index (χ3n) is 7.89. The first-order valence-electron chi connectivity index (χ1n) is 12.3. The Morgan fingerprint density at radius 1 is 0.943 bits per heavy atom. The summed E-state index contributed by atoms with van der Waals surface area (Å²) in [5.41, 5.74) is 4.63. The van der Waals surface area contributed by atoms with Crippen molar-refractivity contribution in [3.05, 3.63) is 88.0 Å². The van der Waals surface area contributed by atoms with E-state index in [0.29, 0.717) is 5.56 Å². The molecule has 0 saturated carbocycles. The highest BCUT2D eigenvalue weighted by molar-refractivity contribution is 5.73. The Hall–Kier alpha value is -2.96. The molecule has 0 spiro atoms. The van der Waals surface area contributed by atoms with E-state index in [1.165, 1.54) is 23.4 Å². The third-order valence-corrected chi connectivity index (χ3v) is 7.89. The minimum Gasteiger partial charge on any atom is -0.483 e. The first-order valence-corrected chi connectivity index (χ1v) is 12.3. The number of rotatable bonds is 4. The van der Waals surface area contributed by atoms with Crippen LogP contribution >= 0.6 is 0 Å². The number of halogens is 1. The van der Waals surface area contributed by atoms with Gasteiger partial charge >= 0.3 is 0 Å². The van der Waals surface area contributed by atoms with Crippen LogP contribution in [0.15, 0.2) is 48.7 Å². The minimum absolute atomic E-state index is 0.535. The first-order chi connectivity index (χ1) is 16.6. The summed E-state index contributed by atoms with van der Waals surface area (Å²) in [7, 11) is 0. The van der Waals surface area contributed by atoms with E-state index in [0.717, 1.165) is 60.9 Å². The fraction of sp³-hybridized carbons (Fsp3) is 0.414. The van der Waals surface area contributed by atoms with E-state index in [2.05, 4.69) is 65.9 Å². The van der Waals surface area contributed by atoms with E-state index in [4.69, 9.17) is 4.74 Å². The molecule has 1 saturated heterocycles. The molecule has 1 atom stereocenters. The molecule has 5 rings (SSSR count). The van der Waals surface area contributed by atoms with Gasteiger partial charge in [-0.05, 0) is 69.0 Å². The molecule has 0 aliphatic carbocycles. The molecule has 0 amide bonds. The summed E-state index contributed by atoms with van der Waals surface area (Å²) in [6.45, 7) is 14.8. The molecule has 5 nitrogen and oxygen atoms in total. The summed E-state index contributed by atoms with van der Waals surface area (Å²) < 4.78 is 20.0. The number of aromatic nitrogens is 1. The standard InChI is InChI=1S/C29H34FN3O2/c1-19-20(2)27-25(29(34,28(4,5)35-27)23-11-12-24(30)31-17-23)21(3)26(19)33-15-13-32(14-16-33)18-22-9-7-6-8-10-22/h6-12,17,34H,13-16,18H2,1-5H3. The van der Waals surface area contributed by atoms with Crippen LogP contribution in [0.2, 0.25) is 0 Å². The maximum absolute atomic E-state index is 13.6. The lowest BCUT2D eigenvalue weighted by atomic mass is 9.74. The van der Waals surface area contributed by atoms with Crippen LogP contribution in [0.3, 0.4) is 0 Å². The number of piperazine rings is 1. The summed E-state index contributed by atoms with van der Waals surface area (Å²) in [5.74, 6) is 0.156. The van der Waals surface area contributed by atoms with Gasteiger partial charge in [0.2, 0.25) is 5.95 Å². The van der Waals surface area contributed by atoms with Gasteiger partial charge in [0.05, 0.1) is 0 Å². The SMILES string of the molecule is Cc1c(C)c(N2CCN(Cc3ccccc3)CC2)c(C)c2c1OC(C)(C)C2(O)c1ccc(F)nc1. The van der Waals surface area contributed by atoms with Crippen LogP contribution in [0.5, 0.6) is 5.75 Å². The Morgan fingerprint density at radius 2 is 1.63 bits per heavy atom. The molecule has 0 radical (unpaired) electrons. The van der Waals surface area contributed by atoms with Gasteiger partial charge in [-0.2, -0.15) is 4.39 Å². The lowest BCUT2D eigenvalue weighted by molar-refractivity contribution is -0.0647. The van der Waals surface area contributed by atoms with Crippen molar-refractivity contribution >= 4 is 5.69 Å². The molecule has 3 heterocycles. The fourth-order valence-electron chi connectivity index (χ4n) is 5.83. The molecular formula is C29H34FN3O2. The molecule has 2 aromatic carbocycles. The summed E-state index contributed by atoms with van der Waals surface area (Å²) in [6.07, 6.45) is 1.42.